The van der Waals surface area contributed by atoms with Gasteiger partial charge in [0.1, 0.15) is 17.1 Å². The minimum absolute atomic E-state index is 0.0518. The summed E-state index contributed by atoms with van der Waals surface area (Å²) in [6.07, 6.45) is 2.00. The first kappa shape index (κ1) is 17.9. The number of pyridine rings is 1. The summed E-state index contributed by atoms with van der Waals surface area (Å²) in [5, 5.41) is 5.54. The van der Waals surface area contributed by atoms with Crippen LogP contribution in [0, 0.1) is 0 Å². The van der Waals surface area contributed by atoms with Gasteiger partial charge in [-0.3, -0.25) is 9.59 Å². The molecule has 1 atom stereocenters. The van der Waals surface area contributed by atoms with E-state index in [-0.39, 0.29) is 23.4 Å². The summed E-state index contributed by atoms with van der Waals surface area (Å²) in [5.41, 5.74) is 0.881. The van der Waals surface area contributed by atoms with Gasteiger partial charge in [0, 0.05) is 13.2 Å². The Labute approximate surface area is 151 Å². The Kier molecular flexibility index (Phi) is 5.80. The lowest BCUT2D eigenvalue weighted by molar-refractivity contribution is 0.0853. The second-order valence-corrected chi connectivity index (χ2v) is 5.91. The Balaban J connectivity index is 1.65. The van der Waals surface area contributed by atoms with Gasteiger partial charge < -0.3 is 20.1 Å². The molecule has 0 radical (unpaired) electrons. The van der Waals surface area contributed by atoms with Crippen LogP contribution in [0.25, 0.3) is 0 Å². The highest BCUT2D eigenvalue weighted by molar-refractivity contribution is 6.04. The molecule has 0 spiro atoms. The van der Waals surface area contributed by atoms with Crippen LogP contribution in [0.1, 0.15) is 33.8 Å². The molecule has 26 heavy (non-hydrogen) atoms. The summed E-state index contributed by atoms with van der Waals surface area (Å²) in [7, 11) is 1.53. The summed E-state index contributed by atoms with van der Waals surface area (Å²) < 4.78 is 10.7. The highest BCUT2D eigenvalue weighted by Crippen LogP contribution is 2.23. The SMILES string of the molecule is COc1ccccc1NC(=O)c1cccc(C(=O)NCC2CCCO2)n1. The van der Waals surface area contributed by atoms with Crippen molar-refractivity contribution in [1.29, 1.82) is 0 Å². The number of carbonyl (C=O) groups excluding carboxylic acids is 2. The predicted octanol–water partition coefficient (Wildman–Crippen LogP) is 2.25. The fraction of sp³-hybridized carbons (Fsp3) is 0.316. The monoisotopic (exact) mass is 355 g/mol. The number of nitrogens with one attached hydrogen (secondary N) is 2. The van der Waals surface area contributed by atoms with Crippen molar-refractivity contribution in [3.05, 3.63) is 53.9 Å². The van der Waals surface area contributed by atoms with Gasteiger partial charge in [-0.05, 0) is 37.1 Å². The van der Waals surface area contributed by atoms with Crippen LogP contribution < -0.4 is 15.4 Å². The standard InChI is InChI=1S/C19H21N3O4/c1-25-17-10-3-2-7-14(17)22-19(24)16-9-4-8-15(21-16)18(23)20-12-13-6-5-11-26-13/h2-4,7-10,13H,5-6,11-12H2,1H3,(H,20,23)(H,22,24). The quantitative estimate of drug-likeness (QED) is 0.830. The fourth-order valence-electron chi connectivity index (χ4n) is 2.72. The third-order valence-corrected chi connectivity index (χ3v) is 4.08. The number of carbonyl (C=O) groups is 2. The van der Waals surface area contributed by atoms with Crippen molar-refractivity contribution in [1.82, 2.24) is 10.3 Å². The maximum atomic E-state index is 12.4. The number of amides is 2. The summed E-state index contributed by atoms with van der Waals surface area (Å²) in [4.78, 5) is 28.9. The van der Waals surface area contributed by atoms with Crippen molar-refractivity contribution in [3.63, 3.8) is 0 Å². The number of ether oxygens (including phenoxy) is 2. The van der Waals surface area contributed by atoms with Crippen molar-refractivity contribution in [3.8, 4) is 5.75 Å². The van der Waals surface area contributed by atoms with Crippen LogP contribution in [-0.4, -0.2) is 43.2 Å². The van der Waals surface area contributed by atoms with Gasteiger partial charge in [-0.1, -0.05) is 18.2 Å². The molecule has 1 aliphatic heterocycles. The van der Waals surface area contributed by atoms with Crippen LogP contribution in [0.4, 0.5) is 5.69 Å². The fourth-order valence-corrected chi connectivity index (χ4v) is 2.72. The Bertz CT molecular complexity index is 788. The van der Waals surface area contributed by atoms with Crippen molar-refractivity contribution >= 4 is 17.5 Å². The molecule has 7 nitrogen and oxygen atoms in total. The molecule has 1 aromatic carbocycles. The first-order valence-electron chi connectivity index (χ1n) is 8.48. The van der Waals surface area contributed by atoms with E-state index in [0.29, 0.717) is 18.0 Å². The number of para-hydroxylation sites is 2. The van der Waals surface area contributed by atoms with E-state index in [1.807, 2.05) is 6.07 Å². The van der Waals surface area contributed by atoms with E-state index in [4.69, 9.17) is 9.47 Å². The molecule has 2 amide bonds. The molecule has 2 heterocycles. The maximum absolute atomic E-state index is 12.4. The molecule has 1 saturated heterocycles. The Morgan fingerprint density at radius 2 is 1.92 bits per heavy atom. The zero-order valence-electron chi connectivity index (χ0n) is 14.5. The molecule has 2 N–H and O–H groups in total. The predicted molar refractivity (Wildman–Crippen MR) is 96.5 cm³/mol. The maximum Gasteiger partial charge on any atom is 0.274 e. The van der Waals surface area contributed by atoms with E-state index in [9.17, 15) is 9.59 Å². The van der Waals surface area contributed by atoms with Crippen LogP contribution in [0.3, 0.4) is 0 Å². The van der Waals surface area contributed by atoms with E-state index >= 15 is 0 Å². The van der Waals surface area contributed by atoms with E-state index in [0.717, 1.165) is 19.4 Å². The third-order valence-electron chi connectivity index (χ3n) is 4.08. The van der Waals surface area contributed by atoms with Crippen LogP contribution in [0.5, 0.6) is 5.75 Å². The zero-order chi connectivity index (χ0) is 18.4. The van der Waals surface area contributed by atoms with Gasteiger partial charge in [0.15, 0.2) is 0 Å². The Morgan fingerprint density at radius 3 is 2.65 bits per heavy atom. The van der Waals surface area contributed by atoms with Gasteiger partial charge >= 0.3 is 0 Å². The average molecular weight is 355 g/mol. The van der Waals surface area contributed by atoms with Crippen LogP contribution in [-0.2, 0) is 4.74 Å². The highest BCUT2D eigenvalue weighted by Gasteiger charge is 2.18. The van der Waals surface area contributed by atoms with Crippen LogP contribution >= 0.6 is 0 Å². The summed E-state index contributed by atoms with van der Waals surface area (Å²) in [6, 6.07) is 11.8. The van der Waals surface area contributed by atoms with Crippen molar-refractivity contribution in [2.75, 3.05) is 25.6 Å². The van der Waals surface area contributed by atoms with Gasteiger partial charge in [-0.15, -0.1) is 0 Å². The van der Waals surface area contributed by atoms with E-state index < -0.39 is 5.91 Å². The highest BCUT2D eigenvalue weighted by atomic mass is 16.5. The van der Waals surface area contributed by atoms with E-state index in [2.05, 4.69) is 15.6 Å². The summed E-state index contributed by atoms with van der Waals surface area (Å²) in [6.45, 7) is 1.18. The van der Waals surface area contributed by atoms with Crippen molar-refractivity contribution in [2.24, 2.45) is 0 Å². The lowest BCUT2D eigenvalue weighted by atomic mass is 10.2. The Hall–Kier alpha value is -2.93. The number of hydrogen-bond acceptors (Lipinski definition) is 5. The number of hydrogen-bond donors (Lipinski definition) is 2. The number of methoxy groups -OCH3 is 1. The number of benzene rings is 1. The molecule has 3 rings (SSSR count). The molecule has 1 aliphatic rings. The number of aromatic nitrogens is 1. The molecular formula is C19H21N3O4. The van der Waals surface area contributed by atoms with Gasteiger partial charge in [-0.25, -0.2) is 4.98 Å². The van der Waals surface area contributed by atoms with Crippen molar-refractivity contribution < 1.29 is 19.1 Å². The summed E-state index contributed by atoms with van der Waals surface area (Å²) >= 11 is 0. The smallest absolute Gasteiger partial charge is 0.274 e. The number of rotatable bonds is 6. The molecule has 1 unspecified atom stereocenters. The lowest BCUT2D eigenvalue weighted by Gasteiger charge is -2.11. The van der Waals surface area contributed by atoms with Crippen LogP contribution in [0.15, 0.2) is 42.5 Å². The second-order valence-electron chi connectivity index (χ2n) is 5.91. The van der Waals surface area contributed by atoms with Gasteiger partial charge in [0.05, 0.1) is 18.9 Å². The largest absolute Gasteiger partial charge is 0.495 e. The first-order valence-corrected chi connectivity index (χ1v) is 8.48. The van der Waals surface area contributed by atoms with Gasteiger partial charge in [-0.2, -0.15) is 0 Å². The van der Waals surface area contributed by atoms with Gasteiger partial charge in [0.2, 0.25) is 0 Å². The molecule has 0 saturated carbocycles. The van der Waals surface area contributed by atoms with E-state index in [1.54, 1.807) is 36.4 Å². The van der Waals surface area contributed by atoms with Crippen LogP contribution in [0.2, 0.25) is 0 Å². The molecule has 136 valence electrons. The number of anilines is 1. The molecule has 0 aliphatic carbocycles. The minimum atomic E-state index is -0.414. The number of nitrogens with zero attached hydrogens (tertiary/aromatic N) is 1. The lowest BCUT2D eigenvalue weighted by Crippen LogP contribution is -2.32. The normalized spacial score (nSPS) is 16.1. The minimum Gasteiger partial charge on any atom is -0.495 e. The molecular weight excluding hydrogens is 334 g/mol. The van der Waals surface area contributed by atoms with E-state index in [1.165, 1.54) is 7.11 Å². The van der Waals surface area contributed by atoms with Crippen molar-refractivity contribution in [2.45, 2.75) is 18.9 Å². The molecule has 7 heteroatoms. The molecule has 2 aromatic rings. The molecule has 0 bridgehead atoms. The molecule has 1 fully saturated rings. The molecule has 1 aromatic heterocycles. The topological polar surface area (TPSA) is 89.5 Å². The Morgan fingerprint density at radius 1 is 1.15 bits per heavy atom. The second kappa shape index (κ2) is 8.44. The summed E-state index contributed by atoms with van der Waals surface area (Å²) in [5.74, 6) is -0.193. The van der Waals surface area contributed by atoms with Gasteiger partial charge in [0.25, 0.3) is 11.8 Å². The third kappa shape index (κ3) is 4.37. The zero-order valence-corrected chi connectivity index (χ0v) is 14.5. The first-order chi connectivity index (χ1) is 12.7. The average Bonchev–Trinajstić information content (AvgIpc) is 3.20.